The van der Waals surface area contributed by atoms with Crippen LogP contribution in [0.3, 0.4) is 0 Å². The Morgan fingerprint density at radius 2 is 1.73 bits per heavy atom. The summed E-state index contributed by atoms with van der Waals surface area (Å²) in [6.07, 6.45) is 4.66. The summed E-state index contributed by atoms with van der Waals surface area (Å²) in [5, 5.41) is 5.40. The fourth-order valence-corrected chi connectivity index (χ4v) is 2.63. The van der Waals surface area contributed by atoms with Crippen LogP contribution in [0.2, 0.25) is 0 Å². The van der Waals surface area contributed by atoms with Crippen molar-refractivity contribution in [3.05, 3.63) is 59.7 Å². The zero-order chi connectivity index (χ0) is 18.8. The largest absolute Gasteiger partial charge is 0.496 e. The number of benzene rings is 2. The van der Waals surface area contributed by atoms with E-state index in [9.17, 15) is 9.59 Å². The summed E-state index contributed by atoms with van der Waals surface area (Å²) >= 11 is 0. The fraction of sp³-hybridized carbons (Fsp3) is 0.333. The first kappa shape index (κ1) is 19.5. The van der Waals surface area contributed by atoms with Crippen LogP contribution in [0.25, 0.3) is 0 Å². The number of hydrogen-bond donors (Lipinski definition) is 2. The van der Waals surface area contributed by atoms with Crippen LogP contribution in [0.15, 0.2) is 48.5 Å². The van der Waals surface area contributed by atoms with Crippen LogP contribution in [0, 0.1) is 0 Å². The lowest BCUT2D eigenvalue weighted by Gasteiger charge is -2.10. The van der Waals surface area contributed by atoms with E-state index in [0.29, 0.717) is 11.3 Å². The molecule has 0 aromatic heterocycles. The van der Waals surface area contributed by atoms with E-state index in [1.54, 1.807) is 24.3 Å². The van der Waals surface area contributed by atoms with Crippen molar-refractivity contribution in [2.24, 2.45) is 0 Å². The van der Waals surface area contributed by atoms with Gasteiger partial charge < -0.3 is 15.4 Å². The molecule has 2 amide bonds. The van der Waals surface area contributed by atoms with Crippen molar-refractivity contribution in [1.82, 2.24) is 5.32 Å². The molecule has 0 unspecified atom stereocenters. The molecule has 2 N–H and O–H groups in total. The van der Waals surface area contributed by atoms with Crippen molar-refractivity contribution in [1.29, 1.82) is 0 Å². The molecule has 0 bridgehead atoms. The summed E-state index contributed by atoms with van der Waals surface area (Å²) in [5.41, 5.74) is 2.39. The minimum absolute atomic E-state index is 0.102. The number of para-hydroxylation sites is 1. The maximum absolute atomic E-state index is 12.2. The van der Waals surface area contributed by atoms with Gasteiger partial charge in [-0.1, -0.05) is 44.0 Å². The van der Waals surface area contributed by atoms with Gasteiger partial charge >= 0.3 is 0 Å². The van der Waals surface area contributed by atoms with Gasteiger partial charge in [0.05, 0.1) is 19.2 Å². The van der Waals surface area contributed by atoms with Gasteiger partial charge in [-0.05, 0) is 42.7 Å². The summed E-state index contributed by atoms with van der Waals surface area (Å²) < 4.78 is 5.15. The van der Waals surface area contributed by atoms with Crippen LogP contribution in [0.5, 0.6) is 5.75 Å². The van der Waals surface area contributed by atoms with E-state index in [-0.39, 0.29) is 18.4 Å². The average molecular weight is 354 g/mol. The van der Waals surface area contributed by atoms with E-state index in [1.807, 2.05) is 24.3 Å². The number of ether oxygens (including phenoxy) is 1. The van der Waals surface area contributed by atoms with Crippen LogP contribution < -0.4 is 15.4 Å². The van der Waals surface area contributed by atoms with Crippen molar-refractivity contribution < 1.29 is 14.3 Å². The van der Waals surface area contributed by atoms with Gasteiger partial charge in [-0.2, -0.15) is 0 Å². The van der Waals surface area contributed by atoms with Gasteiger partial charge in [-0.3, -0.25) is 9.59 Å². The van der Waals surface area contributed by atoms with Gasteiger partial charge in [-0.15, -0.1) is 0 Å². The first-order valence-electron chi connectivity index (χ1n) is 8.94. The zero-order valence-electron chi connectivity index (χ0n) is 15.4. The maximum Gasteiger partial charge on any atom is 0.255 e. The van der Waals surface area contributed by atoms with Gasteiger partial charge in [0.15, 0.2) is 0 Å². The maximum atomic E-state index is 12.2. The Bertz CT molecular complexity index is 726. The highest BCUT2D eigenvalue weighted by Gasteiger charge is 2.12. The number of amides is 2. The number of anilines is 1. The molecule has 0 spiro atoms. The lowest BCUT2D eigenvalue weighted by molar-refractivity contribution is -0.115. The molecule has 0 heterocycles. The number of nitrogens with one attached hydrogen (secondary N) is 2. The number of hydrogen-bond acceptors (Lipinski definition) is 3. The molecule has 0 atom stereocenters. The zero-order valence-corrected chi connectivity index (χ0v) is 15.4. The Labute approximate surface area is 154 Å². The molecule has 0 radical (unpaired) electrons. The Morgan fingerprint density at radius 3 is 2.42 bits per heavy atom. The van der Waals surface area contributed by atoms with Gasteiger partial charge in [-0.25, -0.2) is 0 Å². The van der Waals surface area contributed by atoms with Crippen molar-refractivity contribution >= 4 is 17.5 Å². The quantitative estimate of drug-likeness (QED) is 0.673. The van der Waals surface area contributed by atoms with Gasteiger partial charge in [0, 0.05) is 5.69 Å². The smallest absolute Gasteiger partial charge is 0.255 e. The van der Waals surface area contributed by atoms with Crippen molar-refractivity contribution in [3.8, 4) is 5.75 Å². The highest BCUT2D eigenvalue weighted by atomic mass is 16.5. The molecule has 0 saturated heterocycles. The molecule has 0 aliphatic rings. The third-order valence-electron chi connectivity index (χ3n) is 4.07. The van der Waals surface area contributed by atoms with Crippen molar-refractivity contribution in [3.63, 3.8) is 0 Å². The van der Waals surface area contributed by atoms with E-state index < -0.39 is 0 Å². The summed E-state index contributed by atoms with van der Waals surface area (Å²) in [5.74, 6) is -0.139. The predicted octanol–water partition coefficient (Wildman–Crippen LogP) is 3.80. The van der Waals surface area contributed by atoms with Crippen molar-refractivity contribution in [2.45, 2.75) is 32.6 Å². The van der Waals surface area contributed by atoms with E-state index in [2.05, 4.69) is 17.6 Å². The van der Waals surface area contributed by atoms with Crippen LogP contribution in [0.4, 0.5) is 5.69 Å². The van der Waals surface area contributed by atoms with E-state index >= 15 is 0 Å². The number of unbranched alkanes of at least 4 members (excludes halogenated alkanes) is 2. The van der Waals surface area contributed by atoms with E-state index in [4.69, 9.17) is 4.74 Å². The molecule has 2 aromatic carbocycles. The number of carbonyl (C=O) groups is 2. The SMILES string of the molecule is CCCCCc1ccc(NC(=O)CNC(=O)c2ccccc2OC)cc1. The molecule has 5 nitrogen and oxygen atoms in total. The molecule has 2 aromatic rings. The minimum Gasteiger partial charge on any atom is -0.496 e. The first-order chi connectivity index (χ1) is 12.6. The van der Waals surface area contributed by atoms with Crippen LogP contribution in [0.1, 0.15) is 42.1 Å². The topological polar surface area (TPSA) is 67.4 Å². The summed E-state index contributed by atoms with van der Waals surface area (Å²) in [4.78, 5) is 24.2. The van der Waals surface area contributed by atoms with E-state index in [1.165, 1.54) is 31.9 Å². The monoisotopic (exact) mass is 354 g/mol. The molecule has 26 heavy (non-hydrogen) atoms. The lowest BCUT2D eigenvalue weighted by atomic mass is 10.1. The number of aryl methyl sites for hydroxylation is 1. The third kappa shape index (κ3) is 5.92. The second kappa shape index (κ2) is 10.2. The standard InChI is InChI=1S/C21H26N2O3/c1-3-4-5-8-16-11-13-17(14-12-16)23-20(24)15-22-21(25)18-9-6-7-10-19(18)26-2/h6-7,9-14H,3-5,8,15H2,1-2H3,(H,22,25)(H,23,24). The second-order valence-corrected chi connectivity index (χ2v) is 6.09. The number of rotatable bonds is 9. The lowest BCUT2D eigenvalue weighted by Crippen LogP contribution is -2.33. The number of methoxy groups -OCH3 is 1. The molecular formula is C21H26N2O3. The van der Waals surface area contributed by atoms with Gasteiger partial charge in [0.1, 0.15) is 5.75 Å². The summed E-state index contributed by atoms with van der Waals surface area (Å²) in [7, 11) is 1.50. The molecular weight excluding hydrogens is 328 g/mol. The molecule has 5 heteroatoms. The highest BCUT2D eigenvalue weighted by molar-refractivity contribution is 6.00. The molecule has 138 valence electrons. The minimum atomic E-state index is -0.344. The molecule has 0 aliphatic heterocycles. The molecule has 0 fully saturated rings. The van der Waals surface area contributed by atoms with Crippen molar-refractivity contribution in [2.75, 3.05) is 19.0 Å². The van der Waals surface area contributed by atoms with Gasteiger partial charge in [0.25, 0.3) is 5.91 Å². The predicted molar refractivity (Wildman–Crippen MR) is 104 cm³/mol. The molecule has 0 saturated carbocycles. The summed E-state index contributed by atoms with van der Waals surface area (Å²) in [6.45, 7) is 2.08. The Kier molecular flexibility index (Phi) is 7.68. The molecule has 0 aliphatic carbocycles. The highest BCUT2D eigenvalue weighted by Crippen LogP contribution is 2.17. The Hall–Kier alpha value is -2.82. The number of carbonyl (C=O) groups excluding carboxylic acids is 2. The average Bonchev–Trinajstić information content (AvgIpc) is 2.67. The van der Waals surface area contributed by atoms with E-state index in [0.717, 1.165) is 12.1 Å². The second-order valence-electron chi connectivity index (χ2n) is 6.09. The van der Waals surface area contributed by atoms with Crippen LogP contribution in [-0.4, -0.2) is 25.5 Å². The van der Waals surface area contributed by atoms with Gasteiger partial charge in [0.2, 0.25) is 5.91 Å². The Balaban J connectivity index is 1.82. The molecule has 2 rings (SSSR count). The van der Waals surface area contributed by atoms with Crippen LogP contribution >= 0.6 is 0 Å². The van der Waals surface area contributed by atoms with Crippen LogP contribution in [-0.2, 0) is 11.2 Å². The third-order valence-corrected chi connectivity index (χ3v) is 4.07. The normalized spacial score (nSPS) is 10.2. The fourth-order valence-electron chi connectivity index (χ4n) is 2.63. The summed E-state index contributed by atoms with van der Waals surface area (Å²) in [6, 6.07) is 14.7. The first-order valence-corrected chi connectivity index (χ1v) is 8.94. The Morgan fingerprint density at radius 1 is 1.00 bits per heavy atom.